The molecule has 1 amide bonds. The lowest BCUT2D eigenvalue weighted by Crippen LogP contribution is -2.49. The van der Waals surface area contributed by atoms with E-state index in [1.807, 2.05) is 11.0 Å². The highest BCUT2D eigenvalue weighted by atomic mass is 16.3. The molecule has 1 N–H and O–H groups in total. The van der Waals surface area contributed by atoms with Crippen LogP contribution in [0.1, 0.15) is 72.7 Å². The summed E-state index contributed by atoms with van der Waals surface area (Å²) >= 11 is 0. The van der Waals surface area contributed by atoms with E-state index in [-0.39, 0.29) is 17.1 Å². The number of para-hydroxylation sites is 3. The summed E-state index contributed by atoms with van der Waals surface area (Å²) in [5.74, 6) is 1.14. The van der Waals surface area contributed by atoms with Gasteiger partial charge in [0.05, 0.1) is 16.6 Å². The van der Waals surface area contributed by atoms with Gasteiger partial charge in [0, 0.05) is 31.2 Å². The number of phenols is 1. The van der Waals surface area contributed by atoms with Crippen LogP contribution in [-0.2, 0) is 5.41 Å². The van der Waals surface area contributed by atoms with Crippen molar-refractivity contribution in [3.05, 3.63) is 95.8 Å². The molecule has 3 aliphatic rings. The van der Waals surface area contributed by atoms with E-state index in [2.05, 4.69) is 71.0 Å². The standard InChI is InChI=1S/C35H40N4O2/c1-25-36-31-12-6-7-13-32(31)39(25)29-23-27-15-16-28(24-29)38(27)22-19-35(26-9-3-2-4-10-26)17-20-37(21-18-35)34(41)30-11-5-8-14-33(30)40/h2-14,27-29,40H,15-24H2,1H3/t27-,28+,29?. The van der Waals surface area contributed by atoms with Crippen LogP contribution in [0.5, 0.6) is 5.75 Å². The number of nitrogens with zero attached hydrogens (tertiary/aromatic N) is 4. The SMILES string of the molecule is Cc1nc2ccccc2n1C1C[C@H]2CC[C@@H](C1)N2CCC1(c2ccccc2)CCN(C(=O)c2ccccc2O)CC1. The highest BCUT2D eigenvalue weighted by Gasteiger charge is 2.44. The summed E-state index contributed by atoms with van der Waals surface area (Å²) in [6, 6.07) is 28.2. The number of hydrogen-bond acceptors (Lipinski definition) is 4. The first kappa shape index (κ1) is 26.3. The van der Waals surface area contributed by atoms with Crippen LogP contribution in [0.3, 0.4) is 0 Å². The van der Waals surface area contributed by atoms with E-state index in [1.54, 1.807) is 18.2 Å². The van der Waals surface area contributed by atoms with Gasteiger partial charge in [-0.1, -0.05) is 54.6 Å². The number of aromatic hydroxyl groups is 1. The Balaban J connectivity index is 1.07. The molecule has 212 valence electrons. The molecule has 1 unspecified atom stereocenters. The molecule has 0 radical (unpaired) electrons. The molecule has 3 atom stereocenters. The van der Waals surface area contributed by atoms with Crippen LogP contribution in [0.2, 0.25) is 0 Å². The van der Waals surface area contributed by atoms with E-state index in [1.165, 1.54) is 36.8 Å². The van der Waals surface area contributed by atoms with Crippen molar-refractivity contribution in [2.75, 3.05) is 19.6 Å². The summed E-state index contributed by atoms with van der Waals surface area (Å²) in [6.45, 7) is 4.69. The molecule has 3 fully saturated rings. The van der Waals surface area contributed by atoms with Crippen molar-refractivity contribution in [2.45, 2.75) is 75.4 Å². The number of amides is 1. The zero-order valence-electron chi connectivity index (χ0n) is 24.0. The third kappa shape index (κ3) is 4.72. The van der Waals surface area contributed by atoms with Gasteiger partial charge in [0.2, 0.25) is 0 Å². The molecule has 1 aromatic heterocycles. The van der Waals surface area contributed by atoms with Crippen molar-refractivity contribution >= 4 is 16.9 Å². The highest BCUT2D eigenvalue weighted by Crippen LogP contribution is 2.45. The summed E-state index contributed by atoms with van der Waals surface area (Å²) in [7, 11) is 0. The Hall–Kier alpha value is -3.64. The summed E-state index contributed by atoms with van der Waals surface area (Å²) in [4.78, 5) is 22.9. The zero-order valence-corrected chi connectivity index (χ0v) is 24.0. The number of piperidine rings is 2. The van der Waals surface area contributed by atoms with Gasteiger partial charge in [-0.3, -0.25) is 9.69 Å². The Morgan fingerprint density at radius 2 is 1.54 bits per heavy atom. The summed E-state index contributed by atoms with van der Waals surface area (Å²) in [5.41, 5.74) is 4.25. The van der Waals surface area contributed by atoms with Gasteiger partial charge < -0.3 is 14.6 Å². The minimum absolute atomic E-state index is 0.0597. The van der Waals surface area contributed by atoms with E-state index >= 15 is 0 Å². The number of carbonyl (C=O) groups is 1. The van der Waals surface area contributed by atoms with Crippen LogP contribution in [0.4, 0.5) is 0 Å². The van der Waals surface area contributed by atoms with Crippen LogP contribution in [0, 0.1) is 6.92 Å². The van der Waals surface area contributed by atoms with Crippen molar-refractivity contribution in [1.82, 2.24) is 19.4 Å². The molecular formula is C35H40N4O2. The third-order valence-corrected chi connectivity index (χ3v) is 10.4. The van der Waals surface area contributed by atoms with E-state index in [0.29, 0.717) is 36.8 Å². The van der Waals surface area contributed by atoms with E-state index in [4.69, 9.17) is 4.98 Å². The molecule has 3 saturated heterocycles. The molecule has 3 aromatic carbocycles. The number of fused-ring (bicyclic) bond motifs is 3. The van der Waals surface area contributed by atoms with Crippen molar-refractivity contribution in [3.63, 3.8) is 0 Å². The summed E-state index contributed by atoms with van der Waals surface area (Å²) < 4.78 is 2.51. The molecule has 6 heteroatoms. The van der Waals surface area contributed by atoms with Gasteiger partial charge in [0.1, 0.15) is 11.6 Å². The molecular weight excluding hydrogens is 508 g/mol. The Morgan fingerprint density at radius 1 is 0.878 bits per heavy atom. The average molecular weight is 549 g/mol. The highest BCUT2D eigenvalue weighted by molar-refractivity contribution is 5.96. The third-order valence-electron chi connectivity index (χ3n) is 10.4. The maximum atomic E-state index is 13.3. The zero-order chi connectivity index (χ0) is 28.0. The second-order valence-corrected chi connectivity index (χ2v) is 12.5. The number of likely N-dealkylation sites (tertiary alicyclic amines) is 1. The lowest BCUT2D eigenvalue weighted by Gasteiger charge is -2.45. The van der Waals surface area contributed by atoms with Gasteiger partial charge in [-0.15, -0.1) is 0 Å². The van der Waals surface area contributed by atoms with E-state index in [9.17, 15) is 9.90 Å². The monoisotopic (exact) mass is 548 g/mol. The largest absolute Gasteiger partial charge is 0.507 e. The maximum Gasteiger partial charge on any atom is 0.257 e. The first-order valence-corrected chi connectivity index (χ1v) is 15.3. The molecule has 6 nitrogen and oxygen atoms in total. The first-order valence-electron chi connectivity index (χ1n) is 15.3. The predicted molar refractivity (Wildman–Crippen MR) is 162 cm³/mol. The van der Waals surface area contributed by atoms with Gasteiger partial charge >= 0.3 is 0 Å². The van der Waals surface area contributed by atoms with Crippen molar-refractivity contribution in [2.24, 2.45) is 0 Å². The second-order valence-electron chi connectivity index (χ2n) is 12.5. The summed E-state index contributed by atoms with van der Waals surface area (Å²) in [6.07, 6.45) is 7.96. The van der Waals surface area contributed by atoms with Gasteiger partial charge in [0.15, 0.2) is 0 Å². The van der Waals surface area contributed by atoms with Crippen LogP contribution < -0.4 is 0 Å². The van der Waals surface area contributed by atoms with Crippen molar-refractivity contribution in [3.8, 4) is 5.75 Å². The van der Waals surface area contributed by atoms with Gasteiger partial charge in [0.25, 0.3) is 5.91 Å². The molecule has 41 heavy (non-hydrogen) atoms. The molecule has 0 saturated carbocycles. The molecule has 0 aliphatic carbocycles. The molecule has 3 aliphatic heterocycles. The van der Waals surface area contributed by atoms with Crippen LogP contribution in [0.15, 0.2) is 78.9 Å². The topological polar surface area (TPSA) is 61.6 Å². The number of aromatic nitrogens is 2. The Kier molecular flexibility index (Phi) is 6.82. The number of carbonyl (C=O) groups excluding carboxylic acids is 1. The van der Waals surface area contributed by atoms with Gasteiger partial charge in [-0.25, -0.2) is 4.98 Å². The fourth-order valence-corrected chi connectivity index (χ4v) is 8.23. The Bertz CT molecular complexity index is 1520. The minimum atomic E-state index is -0.0628. The fourth-order valence-electron chi connectivity index (χ4n) is 8.23. The van der Waals surface area contributed by atoms with Crippen molar-refractivity contribution < 1.29 is 9.90 Å². The van der Waals surface area contributed by atoms with Gasteiger partial charge in [-0.2, -0.15) is 0 Å². The quantitative estimate of drug-likeness (QED) is 0.300. The smallest absolute Gasteiger partial charge is 0.257 e. The summed E-state index contributed by atoms with van der Waals surface area (Å²) in [5, 5.41) is 10.3. The van der Waals surface area contributed by atoms with Crippen LogP contribution in [0.25, 0.3) is 11.0 Å². The van der Waals surface area contributed by atoms with E-state index in [0.717, 1.165) is 37.1 Å². The Morgan fingerprint density at radius 3 is 2.27 bits per heavy atom. The molecule has 4 aromatic rings. The first-order chi connectivity index (χ1) is 20.0. The van der Waals surface area contributed by atoms with E-state index < -0.39 is 0 Å². The predicted octanol–water partition coefficient (Wildman–Crippen LogP) is 6.48. The molecule has 4 heterocycles. The fraction of sp³-hybridized carbons (Fsp3) is 0.429. The second kappa shape index (κ2) is 10.6. The lowest BCUT2D eigenvalue weighted by molar-refractivity contribution is 0.0604. The molecule has 0 spiro atoms. The maximum absolute atomic E-state index is 13.3. The molecule has 7 rings (SSSR count). The number of benzene rings is 3. The van der Waals surface area contributed by atoms with Crippen molar-refractivity contribution in [1.29, 1.82) is 0 Å². The van der Waals surface area contributed by atoms with Crippen LogP contribution in [-0.4, -0.2) is 62.1 Å². The lowest BCUT2D eigenvalue weighted by atomic mass is 9.70. The van der Waals surface area contributed by atoms with Crippen LogP contribution >= 0.6 is 0 Å². The number of rotatable bonds is 6. The number of phenolic OH excluding ortho intramolecular Hbond substituents is 1. The molecule has 2 bridgehead atoms. The number of aryl methyl sites for hydroxylation is 1. The number of hydrogen-bond donors (Lipinski definition) is 1. The Labute approximate surface area is 242 Å². The normalized spacial score (nSPS) is 24.1. The average Bonchev–Trinajstić information content (AvgIpc) is 3.47. The van der Waals surface area contributed by atoms with Gasteiger partial charge in [-0.05, 0) is 93.7 Å². The minimum Gasteiger partial charge on any atom is -0.507 e. The number of imidazole rings is 1.